The van der Waals surface area contributed by atoms with Crippen LogP contribution in [-0.4, -0.2) is 32.7 Å². The summed E-state index contributed by atoms with van der Waals surface area (Å²) in [5, 5.41) is 0. The molecule has 1 aromatic carbocycles. The number of methoxy groups -OCH3 is 1. The zero-order valence-electron chi connectivity index (χ0n) is 10.1. The van der Waals surface area contributed by atoms with Gasteiger partial charge in [-0.2, -0.15) is 0 Å². The molecule has 94 valence electrons. The second-order valence-corrected chi connectivity index (χ2v) is 4.22. The molecule has 0 bridgehead atoms. The van der Waals surface area contributed by atoms with Gasteiger partial charge in [-0.25, -0.2) is 0 Å². The summed E-state index contributed by atoms with van der Waals surface area (Å²) in [5.41, 5.74) is 7.25. The molecule has 1 aliphatic heterocycles. The van der Waals surface area contributed by atoms with Crippen molar-refractivity contribution in [2.45, 2.75) is 25.2 Å². The average Bonchev–Trinajstić information content (AvgIpc) is 2.82. The Kier molecular flexibility index (Phi) is 4.36. The van der Waals surface area contributed by atoms with Crippen LogP contribution in [0.5, 0.6) is 5.75 Å². The van der Waals surface area contributed by atoms with Gasteiger partial charge in [0.15, 0.2) is 6.29 Å². The number of rotatable bonds is 5. The van der Waals surface area contributed by atoms with Crippen LogP contribution >= 0.6 is 0 Å². The summed E-state index contributed by atoms with van der Waals surface area (Å²) >= 11 is 0. The highest BCUT2D eigenvalue weighted by atomic mass is 16.7. The van der Waals surface area contributed by atoms with E-state index in [0.717, 1.165) is 18.6 Å². The molecule has 0 aromatic heterocycles. The summed E-state index contributed by atoms with van der Waals surface area (Å²) in [6.07, 6.45) is 1.41. The van der Waals surface area contributed by atoms with Crippen molar-refractivity contribution in [3.05, 3.63) is 29.8 Å². The third kappa shape index (κ3) is 3.70. The number of hydrogen-bond donors (Lipinski definition) is 1. The highest BCUT2D eigenvalue weighted by Crippen LogP contribution is 2.16. The van der Waals surface area contributed by atoms with Gasteiger partial charge in [-0.05, 0) is 24.1 Å². The second-order valence-electron chi connectivity index (χ2n) is 4.22. The molecule has 4 heteroatoms. The molecule has 0 amide bonds. The number of hydrogen-bond acceptors (Lipinski definition) is 4. The Hall–Kier alpha value is -1.10. The molecule has 1 saturated heterocycles. The van der Waals surface area contributed by atoms with E-state index < -0.39 is 0 Å². The first-order valence-electron chi connectivity index (χ1n) is 5.89. The summed E-state index contributed by atoms with van der Waals surface area (Å²) in [5.74, 6) is 0.864. The Morgan fingerprint density at radius 2 is 2.18 bits per heavy atom. The van der Waals surface area contributed by atoms with Crippen LogP contribution < -0.4 is 10.5 Å². The quantitative estimate of drug-likeness (QED) is 0.839. The minimum Gasteiger partial charge on any atom is -0.497 e. The standard InChI is InChI=1S/C13H19NO3/c1-15-12-4-2-3-10(8-12)7-11(14)9-13-16-5-6-17-13/h2-4,8,11,13H,5-7,9,14H2,1H3. The van der Waals surface area contributed by atoms with Crippen LogP contribution in [0, 0.1) is 0 Å². The molecule has 0 saturated carbocycles. The normalized spacial score (nSPS) is 18.2. The molecule has 0 radical (unpaired) electrons. The third-order valence-corrected chi connectivity index (χ3v) is 2.82. The zero-order chi connectivity index (χ0) is 12.1. The van der Waals surface area contributed by atoms with Crippen molar-refractivity contribution in [3.63, 3.8) is 0 Å². The monoisotopic (exact) mass is 237 g/mol. The molecule has 2 N–H and O–H groups in total. The maximum atomic E-state index is 6.08. The topological polar surface area (TPSA) is 53.7 Å². The number of ether oxygens (including phenoxy) is 3. The predicted octanol–water partition coefficient (Wildman–Crippen LogP) is 1.33. The van der Waals surface area contributed by atoms with E-state index in [1.165, 1.54) is 5.56 Å². The average molecular weight is 237 g/mol. The third-order valence-electron chi connectivity index (χ3n) is 2.82. The van der Waals surface area contributed by atoms with E-state index in [0.29, 0.717) is 13.2 Å². The Bertz CT molecular complexity index is 350. The molecular formula is C13H19NO3. The molecule has 1 unspecified atom stereocenters. The van der Waals surface area contributed by atoms with Gasteiger partial charge in [0, 0.05) is 12.5 Å². The Labute approximate surface area is 102 Å². The van der Waals surface area contributed by atoms with Crippen molar-refractivity contribution in [1.29, 1.82) is 0 Å². The van der Waals surface area contributed by atoms with Crippen molar-refractivity contribution in [3.8, 4) is 5.75 Å². The van der Waals surface area contributed by atoms with Crippen molar-refractivity contribution < 1.29 is 14.2 Å². The van der Waals surface area contributed by atoms with E-state index in [1.807, 2.05) is 18.2 Å². The summed E-state index contributed by atoms with van der Waals surface area (Å²) in [6.45, 7) is 1.35. The van der Waals surface area contributed by atoms with Gasteiger partial charge in [0.05, 0.1) is 20.3 Å². The van der Waals surface area contributed by atoms with Gasteiger partial charge in [-0.15, -0.1) is 0 Å². The minimum absolute atomic E-state index is 0.0465. The maximum Gasteiger partial charge on any atom is 0.159 e. The summed E-state index contributed by atoms with van der Waals surface area (Å²) in [7, 11) is 1.67. The molecule has 1 fully saturated rings. The van der Waals surface area contributed by atoms with E-state index in [9.17, 15) is 0 Å². The van der Waals surface area contributed by atoms with Crippen LogP contribution in [0.15, 0.2) is 24.3 Å². The lowest BCUT2D eigenvalue weighted by atomic mass is 10.0. The predicted molar refractivity (Wildman–Crippen MR) is 65.0 cm³/mol. The molecule has 1 aliphatic rings. The van der Waals surface area contributed by atoms with Crippen molar-refractivity contribution in [1.82, 2.24) is 0 Å². The van der Waals surface area contributed by atoms with Crippen LogP contribution in [0.25, 0.3) is 0 Å². The van der Waals surface area contributed by atoms with Crippen molar-refractivity contribution in [2.24, 2.45) is 5.73 Å². The van der Waals surface area contributed by atoms with Crippen LogP contribution in [0.1, 0.15) is 12.0 Å². The molecule has 0 spiro atoms. The highest BCUT2D eigenvalue weighted by Gasteiger charge is 2.19. The lowest BCUT2D eigenvalue weighted by Gasteiger charge is -2.16. The lowest BCUT2D eigenvalue weighted by Crippen LogP contribution is -2.28. The van der Waals surface area contributed by atoms with Gasteiger partial charge < -0.3 is 19.9 Å². The maximum absolute atomic E-state index is 6.08. The molecular weight excluding hydrogens is 218 g/mol. The van der Waals surface area contributed by atoms with Crippen molar-refractivity contribution in [2.75, 3.05) is 20.3 Å². The first-order chi connectivity index (χ1) is 8.28. The van der Waals surface area contributed by atoms with E-state index in [2.05, 4.69) is 6.07 Å². The first kappa shape index (κ1) is 12.4. The molecule has 0 aliphatic carbocycles. The molecule has 1 aromatic rings. The van der Waals surface area contributed by atoms with E-state index in [4.69, 9.17) is 19.9 Å². The highest BCUT2D eigenvalue weighted by molar-refractivity contribution is 5.28. The van der Waals surface area contributed by atoms with Crippen LogP contribution in [0.3, 0.4) is 0 Å². The number of nitrogens with two attached hydrogens (primary N) is 1. The smallest absolute Gasteiger partial charge is 0.159 e. The van der Waals surface area contributed by atoms with Gasteiger partial charge in [-0.1, -0.05) is 12.1 Å². The van der Waals surface area contributed by atoms with Gasteiger partial charge in [0.25, 0.3) is 0 Å². The van der Waals surface area contributed by atoms with Crippen LogP contribution in [-0.2, 0) is 15.9 Å². The molecule has 17 heavy (non-hydrogen) atoms. The molecule has 1 atom stereocenters. The fourth-order valence-corrected chi connectivity index (χ4v) is 1.98. The largest absolute Gasteiger partial charge is 0.497 e. The van der Waals surface area contributed by atoms with E-state index in [1.54, 1.807) is 7.11 Å². The zero-order valence-corrected chi connectivity index (χ0v) is 10.1. The summed E-state index contributed by atoms with van der Waals surface area (Å²) < 4.78 is 15.9. The first-order valence-corrected chi connectivity index (χ1v) is 5.89. The van der Waals surface area contributed by atoms with Gasteiger partial charge >= 0.3 is 0 Å². The molecule has 1 heterocycles. The fraction of sp³-hybridized carbons (Fsp3) is 0.538. The Morgan fingerprint density at radius 1 is 1.41 bits per heavy atom. The Morgan fingerprint density at radius 3 is 2.88 bits per heavy atom. The number of benzene rings is 1. The lowest BCUT2D eigenvalue weighted by molar-refractivity contribution is -0.0504. The van der Waals surface area contributed by atoms with Crippen molar-refractivity contribution >= 4 is 0 Å². The summed E-state index contributed by atoms with van der Waals surface area (Å²) in [6, 6.07) is 8.02. The van der Waals surface area contributed by atoms with E-state index >= 15 is 0 Å². The second kappa shape index (κ2) is 6.00. The fourth-order valence-electron chi connectivity index (χ4n) is 1.98. The minimum atomic E-state index is -0.129. The van der Waals surface area contributed by atoms with E-state index in [-0.39, 0.29) is 12.3 Å². The van der Waals surface area contributed by atoms with Gasteiger partial charge in [0.1, 0.15) is 5.75 Å². The van der Waals surface area contributed by atoms with Gasteiger partial charge in [-0.3, -0.25) is 0 Å². The van der Waals surface area contributed by atoms with Crippen LogP contribution in [0.2, 0.25) is 0 Å². The molecule has 4 nitrogen and oxygen atoms in total. The Balaban J connectivity index is 1.85. The SMILES string of the molecule is COc1cccc(CC(N)CC2OCCO2)c1. The van der Waals surface area contributed by atoms with Crippen LogP contribution in [0.4, 0.5) is 0 Å². The summed E-state index contributed by atoms with van der Waals surface area (Å²) in [4.78, 5) is 0. The van der Waals surface area contributed by atoms with Gasteiger partial charge in [0.2, 0.25) is 0 Å². The molecule has 2 rings (SSSR count).